The maximum Gasteiger partial charge on any atom is 0.234 e. The number of anilines is 3. The molecule has 0 bridgehead atoms. The third kappa shape index (κ3) is 5.63. The molecule has 0 aliphatic carbocycles. The van der Waals surface area contributed by atoms with E-state index in [1.807, 2.05) is 12.1 Å². The van der Waals surface area contributed by atoms with Crippen molar-refractivity contribution >= 4 is 46.5 Å². The van der Waals surface area contributed by atoms with Crippen LogP contribution in [0.3, 0.4) is 0 Å². The van der Waals surface area contributed by atoms with Gasteiger partial charge >= 0.3 is 0 Å². The molecule has 4 rings (SSSR count). The SMILES string of the molecule is COc1ccc(NC(=O)CSc2nccc(N3CCN(c4ccccc4)CC3)n2)cc1Cl. The Balaban J connectivity index is 1.29. The van der Waals surface area contributed by atoms with Gasteiger partial charge in [-0.2, -0.15) is 0 Å². The first-order chi connectivity index (χ1) is 15.6. The quantitative estimate of drug-likeness (QED) is 0.410. The van der Waals surface area contributed by atoms with Gasteiger partial charge in [-0.1, -0.05) is 41.6 Å². The molecule has 3 aromatic rings. The number of nitrogens with one attached hydrogen (secondary N) is 1. The van der Waals surface area contributed by atoms with Crippen molar-refractivity contribution in [1.82, 2.24) is 9.97 Å². The number of benzene rings is 2. The molecule has 1 amide bonds. The van der Waals surface area contributed by atoms with E-state index >= 15 is 0 Å². The fourth-order valence-electron chi connectivity index (χ4n) is 3.48. The highest BCUT2D eigenvalue weighted by molar-refractivity contribution is 7.99. The molecule has 1 aliphatic rings. The first-order valence-corrected chi connectivity index (χ1v) is 11.6. The molecule has 0 spiro atoms. The summed E-state index contributed by atoms with van der Waals surface area (Å²) in [6.07, 6.45) is 1.75. The van der Waals surface area contributed by atoms with Crippen LogP contribution < -0.4 is 19.9 Å². The van der Waals surface area contributed by atoms with Crippen molar-refractivity contribution < 1.29 is 9.53 Å². The van der Waals surface area contributed by atoms with Crippen LogP contribution in [0.5, 0.6) is 5.75 Å². The van der Waals surface area contributed by atoms with Crippen LogP contribution in [0.2, 0.25) is 5.02 Å². The van der Waals surface area contributed by atoms with Crippen molar-refractivity contribution in [3.05, 3.63) is 65.8 Å². The lowest BCUT2D eigenvalue weighted by atomic mass is 10.2. The van der Waals surface area contributed by atoms with E-state index < -0.39 is 0 Å². The zero-order valence-corrected chi connectivity index (χ0v) is 19.3. The van der Waals surface area contributed by atoms with Crippen molar-refractivity contribution in [2.24, 2.45) is 0 Å². The van der Waals surface area contributed by atoms with Crippen molar-refractivity contribution in [1.29, 1.82) is 0 Å². The maximum absolute atomic E-state index is 12.3. The summed E-state index contributed by atoms with van der Waals surface area (Å²) in [6.45, 7) is 3.64. The monoisotopic (exact) mass is 469 g/mol. The number of hydrogen-bond acceptors (Lipinski definition) is 7. The van der Waals surface area contributed by atoms with E-state index in [0.29, 0.717) is 21.6 Å². The highest BCUT2D eigenvalue weighted by Crippen LogP contribution is 2.27. The molecule has 9 heteroatoms. The Morgan fingerprint density at radius 1 is 1.09 bits per heavy atom. The van der Waals surface area contributed by atoms with Gasteiger partial charge < -0.3 is 19.9 Å². The summed E-state index contributed by atoms with van der Waals surface area (Å²) in [5, 5.41) is 3.86. The molecule has 0 atom stereocenters. The van der Waals surface area contributed by atoms with Gasteiger partial charge in [0.1, 0.15) is 11.6 Å². The number of halogens is 1. The lowest BCUT2D eigenvalue weighted by molar-refractivity contribution is -0.113. The van der Waals surface area contributed by atoms with Crippen molar-refractivity contribution in [3.8, 4) is 5.75 Å². The van der Waals surface area contributed by atoms with Crippen LogP contribution in [0.4, 0.5) is 17.2 Å². The Morgan fingerprint density at radius 2 is 1.84 bits per heavy atom. The largest absolute Gasteiger partial charge is 0.495 e. The Kier molecular flexibility index (Phi) is 7.34. The zero-order chi connectivity index (χ0) is 22.3. The molecule has 2 heterocycles. The first-order valence-electron chi connectivity index (χ1n) is 10.3. The third-order valence-corrected chi connectivity index (χ3v) is 6.27. The normalized spacial score (nSPS) is 13.7. The van der Waals surface area contributed by atoms with Gasteiger partial charge in [-0.15, -0.1) is 0 Å². The number of thioether (sulfide) groups is 1. The van der Waals surface area contributed by atoms with Gasteiger partial charge in [-0.3, -0.25) is 4.79 Å². The number of aromatic nitrogens is 2. The number of carbonyl (C=O) groups excluding carboxylic acids is 1. The number of methoxy groups -OCH3 is 1. The Morgan fingerprint density at radius 3 is 2.56 bits per heavy atom. The van der Waals surface area contributed by atoms with Crippen molar-refractivity contribution in [3.63, 3.8) is 0 Å². The smallest absolute Gasteiger partial charge is 0.234 e. The summed E-state index contributed by atoms with van der Waals surface area (Å²) in [7, 11) is 1.55. The Hall–Kier alpha value is -2.97. The topological polar surface area (TPSA) is 70.6 Å². The second kappa shape index (κ2) is 10.6. The zero-order valence-electron chi connectivity index (χ0n) is 17.7. The summed E-state index contributed by atoms with van der Waals surface area (Å²) < 4.78 is 5.13. The number of ether oxygens (including phenoxy) is 1. The molecule has 1 saturated heterocycles. The number of para-hydroxylation sites is 1. The molecule has 7 nitrogen and oxygen atoms in total. The Bertz CT molecular complexity index is 1060. The minimum atomic E-state index is -0.151. The number of carbonyl (C=O) groups is 1. The molecule has 0 unspecified atom stereocenters. The molecule has 0 saturated carbocycles. The molecule has 1 aliphatic heterocycles. The fourth-order valence-corrected chi connectivity index (χ4v) is 4.36. The summed E-state index contributed by atoms with van der Waals surface area (Å²) in [4.78, 5) is 25.9. The second-order valence-corrected chi connectivity index (χ2v) is 8.54. The lowest BCUT2D eigenvalue weighted by Crippen LogP contribution is -2.46. The standard InChI is InChI=1S/C23H24ClN5O2S/c1-31-20-8-7-17(15-19(20)24)26-22(30)16-32-23-25-10-9-21(27-23)29-13-11-28(12-14-29)18-5-3-2-4-6-18/h2-10,15H,11-14,16H2,1H3,(H,26,30). The predicted molar refractivity (Wildman–Crippen MR) is 130 cm³/mol. The minimum Gasteiger partial charge on any atom is -0.495 e. The number of hydrogen-bond donors (Lipinski definition) is 1. The molecular weight excluding hydrogens is 446 g/mol. The molecule has 166 valence electrons. The van der Waals surface area contributed by atoms with Gasteiger partial charge in [0.15, 0.2) is 5.16 Å². The Labute approximate surface area is 196 Å². The van der Waals surface area contributed by atoms with Crippen LogP contribution >= 0.6 is 23.4 Å². The highest BCUT2D eigenvalue weighted by atomic mass is 35.5. The third-order valence-electron chi connectivity index (χ3n) is 5.11. The van der Waals surface area contributed by atoms with Crippen LogP contribution in [0.25, 0.3) is 0 Å². The van der Waals surface area contributed by atoms with Gasteiger partial charge in [0.05, 0.1) is 17.9 Å². The van der Waals surface area contributed by atoms with E-state index in [1.165, 1.54) is 17.4 Å². The van der Waals surface area contributed by atoms with E-state index in [0.717, 1.165) is 32.0 Å². The highest BCUT2D eigenvalue weighted by Gasteiger charge is 2.19. The second-order valence-electron chi connectivity index (χ2n) is 7.19. The van der Waals surface area contributed by atoms with Gasteiger partial charge in [0.25, 0.3) is 0 Å². The maximum atomic E-state index is 12.3. The van der Waals surface area contributed by atoms with Crippen LogP contribution in [0, 0.1) is 0 Å². The molecule has 1 N–H and O–H groups in total. The van der Waals surface area contributed by atoms with Crippen LogP contribution in [-0.2, 0) is 4.79 Å². The fraction of sp³-hybridized carbons (Fsp3) is 0.261. The number of amides is 1. The summed E-state index contributed by atoms with van der Waals surface area (Å²) in [6, 6.07) is 17.5. The average Bonchev–Trinajstić information content (AvgIpc) is 2.84. The summed E-state index contributed by atoms with van der Waals surface area (Å²) >= 11 is 7.42. The summed E-state index contributed by atoms with van der Waals surface area (Å²) in [5.74, 6) is 1.50. The van der Waals surface area contributed by atoms with E-state index in [4.69, 9.17) is 16.3 Å². The van der Waals surface area contributed by atoms with Crippen molar-refractivity contribution in [2.75, 3.05) is 54.2 Å². The van der Waals surface area contributed by atoms with Crippen LogP contribution in [-0.4, -0.2) is 54.9 Å². The molecule has 1 aromatic heterocycles. The van der Waals surface area contributed by atoms with E-state index in [9.17, 15) is 4.79 Å². The number of nitrogens with zero attached hydrogens (tertiary/aromatic N) is 4. The van der Waals surface area contributed by atoms with Crippen LogP contribution in [0.1, 0.15) is 0 Å². The predicted octanol–water partition coefficient (Wildman–Crippen LogP) is 4.20. The average molecular weight is 470 g/mol. The number of piperazine rings is 1. The van der Waals surface area contributed by atoms with Gasteiger partial charge in [0, 0.05) is 43.8 Å². The van der Waals surface area contributed by atoms with Gasteiger partial charge in [-0.05, 0) is 36.4 Å². The first kappa shape index (κ1) is 22.2. The molecule has 32 heavy (non-hydrogen) atoms. The molecule has 0 radical (unpaired) electrons. The van der Waals surface area contributed by atoms with E-state index in [2.05, 4.69) is 49.4 Å². The van der Waals surface area contributed by atoms with E-state index in [1.54, 1.807) is 31.5 Å². The minimum absolute atomic E-state index is 0.151. The van der Waals surface area contributed by atoms with Gasteiger partial charge in [-0.25, -0.2) is 9.97 Å². The number of rotatable bonds is 7. The molecule has 1 fully saturated rings. The lowest BCUT2D eigenvalue weighted by Gasteiger charge is -2.36. The van der Waals surface area contributed by atoms with Crippen molar-refractivity contribution in [2.45, 2.75) is 5.16 Å². The summed E-state index contributed by atoms with van der Waals surface area (Å²) in [5.41, 5.74) is 1.86. The van der Waals surface area contributed by atoms with Crippen LogP contribution in [0.15, 0.2) is 66.0 Å². The molecular formula is C23H24ClN5O2S. The molecule has 2 aromatic carbocycles. The van der Waals surface area contributed by atoms with Gasteiger partial charge in [0.2, 0.25) is 5.91 Å². The van der Waals surface area contributed by atoms with E-state index in [-0.39, 0.29) is 11.7 Å².